The first-order chi connectivity index (χ1) is 6.68. The lowest BCUT2D eigenvalue weighted by atomic mass is 9.89. The van der Waals surface area contributed by atoms with Crippen molar-refractivity contribution in [2.45, 2.75) is 19.7 Å². The molecule has 1 aromatic rings. The molecule has 0 aliphatic carbocycles. The molecule has 0 spiro atoms. The van der Waals surface area contributed by atoms with Crippen molar-refractivity contribution in [2.24, 2.45) is 0 Å². The van der Waals surface area contributed by atoms with Crippen molar-refractivity contribution < 1.29 is 5.02 Å². The lowest BCUT2D eigenvalue weighted by Crippen LogP contribution is -2.31. The summed E-state index contributed by atoms with van der Waals surface area (Å²) in [4.78, 5) is 0. The van der Waals surface area contributed by atoms with Gasteiger partial charge in [-0.3, -0.25) is 0 Å². The van der Waals surface area contributed by atoms with Gasteiger partial charge in [0.15, 0.2) is 0 Å². The van der Waals surface area contributed by atoms with E-state index in [-0.39, 0.29) is 0 Å². The molecule has 1 rings (SSSR count). The molecule has 76 valence electrons. The maximum Gasteiger partial charge on any atom is 0.373 e. The largest absolute Gasteiger partial charge is 0.437 e. The lowest BCUT2D eigenvalue weighted by molar-refractivity contribution is 0.551. The first-order valence-corrected chi connectivity index (χ1v) is 5.63. The number of rotatable bonds is 5. The molecular weight excluding hydrogens is 241 g/mol. The fourth-order valence-corrected chi connectivity index (χ4v) is 1.74. The summed E-state index contributed by atoms with van der Waals surface area (Å²) >= 11 is 3.44. The van der Waals surface area contributed by atoms with Gasteiger partial charge in [0, 0.05) is 4.47 Å². The summed E-state index contributed by atoms with van der Waals surface area (Å²) in [5.41, 5.74) is 1.33. The van der Waals surface area contributed by atoms with Gasteiger partial charge in [0.1, 0.15) is 0 Å². The van der Waals surface area contributed by atoms with E-state index in [0.717, 1.165) is 23.9 Å². The summed E-state index contributed by atoms with van der Waals surface area (Å²) in [6, 6.07) is 8.31. The van der Waals surface area contributed by atoms with Crippen molar-refractivity contribution in [3.8, 4) is 0 Å². The van der Waals surface area contributed by atoms with E-state index in [0.29, 0.717) is 0 Å². The minimum absolute atomic E-state index is 0.405. The number of halogens is 1. The normalized spacial score (nSPS) is 10.2. The molecule has 0 radical (unpaired) electrons. The van der Waals surface area contributed by atoms with Crippen LogP contribution in [0.2, 0.25) is 6.82 Å². The molecule has 2 N–H and O–H groups in total. The molecule has 0 aliphatic heterocycles. The fraction of sp³-hybridized carbons (Fsp3) is 0.400. The van der Waals surface area contributed by atoms with Crippen molar-refractivity contribution in [3.05, 3.63) is 34.3 Å². The minimum Gasteiger partial charge on any atom is -0.437 e. The average Bonchev–Trinajstić information content (AvgIpc) is 2.12. The Labute approximate surface area is 94.0 Å². The Kier molecular flexibility index (Phi) is 5.23. The summed E-state index contributed by atoms with van der Waals surface area (Å²) in [5, 5.41) is 11.9. The van der Waals surface area contributed by atoms with Gasteiger partial charge in [0.2, 0.25) is 0 Å². The molecule has 4 heteroatoms. The highest BCUT2D eigenvalue weighted by Crippen LogP contribution is 2.12. The van der Waals surface area contributed by atoms with E-state index in [1.54, 1.807) is 6.82 Å². The van der Waals surface area contributed by atoms with E-state index in [1.807, 2.05) is 12.1 Å². The molecule has 0 bridgehead atoms. The minimum atomic E-state index is -0.405. The standard InChI is InChI=1S/C10H15BBrNO/c1-11(14)13-7-3-5-9-4-2-6-10(12)8-9/h2,4,6,8,13-14H,3,5,7H2,1H3. The topological polar surface area (TPSA) is 32.3 Å². The maximum absolute atomic E-state index is 8.98. The van der Waals surface area contributed by atoms with E-state index in [4.69, 9.17) is 5.02 Å². The third-order valence-electron chi connectivity index (χ3n) is 1.97. The molecule has 0 saturated carbocycles. The smallest absolute Gasteiger partial charge is 0.373 e. The Morgan fingerprint density at radius 3 is 2.93 bits per heavy atom. The summed E-state index contributed by atoms with van der Waals surface area (Å²) in [7, 11) is -0.405. The second-order valence-corrected chi connectivity index (χ2v) is 4.28. The Morgan fingerprint density at radius 1 is 1.50 bits per heavy atom. The zero-order valence-corrected chi connectivity index (χ0v) is 9.92. The van der Waals surface area contributed by atoms with E-state index in [9.17, 15) is 0 Å². The zero-order chi connectivity index (χ0) is 10.4. The van der Waals surface area contributed by atoms with E-state index in [2.05, 4.69) is 33.3 Å². The van der Waals surface area contributed by atoms with E-state index in [1.165, 1.54) is 5.56 Å². The number of hydrogen-bond acceptors (Lipinski definition) is 2. The average molecular weight is 256 g/mol. The van der Waals surface area contributed by atoms with Gasteiger partial charge in [-0.05, 0) is 43.9 Å². The number of aryl methyl sites for hydroxylation is 1. The van der Waals surface area contributed by atoms with Crippen LogP contribution in [0.5, 0.6) is 0 Å². The van der Waals surface area contributed by atoms with Gasteiger partial charge in [-0.25, -0.2) is 0 Å². The van der Waals surface area contributed by atoms with Crippen molar-refractivity contribution >= 4 is 23.0 Å². The Bertz CT molecular complexity index is 281. The van der Waals surface area contributed by atoms with Crippen LogP contribution in [-0.2, 0) is 6.42 Å². The molecule has 0 unspecified atom stereocenters. The number of nitrogens with one attached hydrogen (secondary N) is 1. The van der Waals surface area contributed by atoms with Crippen molar-refractivity contribution in [2.75, 3.05) is 6.54 Å². The molecular formula is C10H15BBrNO. The third kappa shape index (κ3) is 4.79. The Morgan fingerprint density at radius 2 is 2.29 bits per heavy atom. The van der Waals surface area contributed by atoms with Crippen LogP contribution in [0.15, 0.2) is 28.7 Å². The van der Waals surface area contributed by atoms with E-state index < -0.39 is 7.05 Å². The molecule has 0 aliphatic rings. The van der Waals surface area contributed by atoms with Gasteiger partial charge in [0.05, 0.1) is 0 Å². The second-order valence-electron chi connectivity index (χ2n) is 3.36. The number of hydrogen-bond donors (Lipinski definition) is 2. The van der Waals surface area contributed by atoms with Crippen LogP contribution < -0.4 is 5.23 Å². The SMILES string of the molecule is CB(O)NCCCc1cccc(Br)c1. The van der Waals surface area contributed by atoms with Gasteiger partial charge in [-0.15, -0.1) is 0 Å². The van der Waals surface area contributed by atoms with Crippen LogP contribution >= 0.6 is 15.9 Å². The highest BCUT2D eigenvalue weighted by molar-refractivity contribution is 9.10. The maximum atomic E-state index is 8.98. The molecule has 0 heterocycles. The highest BCUT2D eigenvalue weighted by atomic mass is 79.9. The van der Waals surface area contributed by atoms with Crippen LogP contribution in [0.25, 0.3) is 0 Å². The van der Waals surface area contributed by atoms with Crippen molar-refractivity contribution in [1.29, 1.82) is 0 Å². The predicted molar refractivity (Wildman–Crippen MR) is 64.3 cm³/mol. The Balaban J connectivity index is 2.25. The number of benzene rings is 1. The molecule has 0 amide bonds. The quantitative estimate of drug-likeness (QED) is 0.624. The molecule has 0 saturated heterocycles. The molecule has 0 fully saturated rings. The van der Waals surface area contributed by atoms with Crippen LogP contribution in [0.1, 0.15) is 12.0 Å². The third-order valence-corrected chi connectivity index (χ3v) is 2.46. The molecule has 0 atom stereocenters. The van der Waals surface area contributed by atoms with Gasteiger partial charge >= 0.3 is 7.05 Å². The fourth-order valence-electron chi connectivity index (χ4n) is 1.30. The summed E-state index contributed by atoms with van der Waals surface area (Å²) in [6.45, 7) is 2.59. The van der Waals surface area contributed by atoms with Gasteiger partial charge in [-0.2, -0.15) is 0 Å². The van der Waals surface area contributed by atoms with E-state index >= 15 is 0 Å². The first-order valence-electron chi connectivity index (χ1n) is 4.84. The predicted octanol–water partition coefficient (Wildman–Crippen LogP) is 2.08. The van der Waals surface area contributed by atoms with Gasteiger partial charge in [-0.1, -0.05) is 28.1 Å². The molecule has 14 heavy (non-hydrogen) atoms. The van der Waals surface area contributed by atoms with Gasteiger partial charge in [0.25, 0.3) is 0 Å². The van der Waals surface area contributed by atoms with Crippen LogP contribution in [-0.4, -0.2) is 18.6 Å². The van der Waals surface area contributed by atoms with Gasteiger partial charge < -0.3 is 10.3 Å². The second kappa shape index (κ2) is 6.22. The van der Waals surface area contributed by atoms with Crippen LogP contribution in [0, 0.1) is 0 Å². The summed E-state index contributed by atoms with van der Waals surface area (Å²) < 4.78 is 1.12. The highest BCUT2D eigenvalue weighted by Gasteiger charge is 2.00. The van der Waals surface area contributed by atoms with Crippen LogP contribution in [0.4, 0.5) is 0 Å². The van der Waals surface area contributed by atoms with Crippen molar-refractivity contribution in [1.82, 2.24) is 5.23 Å². The first kappa shape index (κ1) is 11.8. The summed E-state index contributed by atoms with van der Waals surface area (Å²) in [5.74, 6) is 0. The van der Waals surface area contributed by atoms with Crippen molar-refractivity contribution in [3.63, 3.8) is 0 Å². The molecule has 2 nitrogen and oxygen atoms in total. The molecule has 0 aromatic heterocycles. The lowest BCUT2D eigenvalue weighted by Gasteiger charge is -2.04. The zero-order valence-electron chi connectivity index (χ0n) is 8.33. The molecule has 1 aromatic carbocycles. The Hall–Kier alpha value is -0.315. The van der Waals surface area contributed by atoms with Crippen LogP contribution in [0.3, 0.4) is 0 Å². The monoisotopic (exact) mass is 255 g/mol. The summed E-state index contributed by atoms with van der Waals surface area (Å²) in [6.07, 6.45) is 2.08.